The van der Waals surface area contributed by atoms with Gasteiger partial charge in [-0.2, -0.15) is 10.2 Å². The predicted octanol–water partition coefficient (Wildman–Crippen LogP) is 9.42. The summed E-state index contributed by atoms with van der Waals surface area (Å²) < 4.78 is 21.2. The largest absolute Gasteiger partial charge is 0.481 e. The van der Waals surface area contributed by atoms with Crippen LogP contribution in [0.5, 0.6) is 34.8 Å². The number of carboxylic acid groups (broad SMARTS) is 1. The number of halogens is 2. The Balaban J connectivity index is 0.000000231. The summed E-state index contributed by atoms with van der Waals surface area (Å²) in [5, 5.41) is 25.2. The quantitative estimate of drug-likeness (QED) is 0.116. The minimum Gasteiger partial charge on any atom is -0.481 e. The van der Waals surface area contributed by atoms with E-state index in [1.165, 1.54) is 68.8 Å². The number of benzene rings is 2. The van der Waals surface area contributed by atoms with Crippen LogP contribution < -0.4 is 30.4 Å². The number of carboxylic acids is 1. The SMILES string of the molecule is COc1ccc(Oc2ccc(C(=O)N3CCC(c4nnc(N)cc4C)CC3)cc2)cn1.COc1ccc(Oc2ccc(C(=O)O)cc2)cn1.Cc1cc(N)nnc1C1CCCCC1.Cl.Cl. The molecule has 1 saturated carbocycles. The molecule has 0 radical (unpaired) electrons. The van der Waals surface area contributed by atoms with Crippen LogP contribution in [0.25, 0.3) is 0 Å². The zero-order chi connectivity index (χ0) is 44.7. The molecule has 1 amide bonds. The molecular formula is C47H55Cl2N9O7. The first kappa shape index (κ1) is 50.9. The highest BCUT2D eigenvalue weighted by molar-refractivity contribution is 5.94. The minimum absolute atomic E-state index is 0. The van der Waals surface area contributed by atoms with Crippen LogP contribution in [0.4, 0.5) is 11.6 Å². The molecule has 65 heavy (non-hydrogen) atoms. The van der Waals surface area contributed by atoms with Gasteiger partial charge < -0.3 is 40.4 Å². The number of amides is 1. The summed E-state index contributed by atoms with van der Waals surface area (Å²) in [6.45, 7) is 5.45. The zero-order valence-electron chi connectivity index (χ0n) is 36.8. The van der Waals surface area contributed by atoms with Gasteiger partial charge in [-0.3, -0.25) is 4.79 Å². The Bertz CT molecular complexity index is 2420. The Morgan fingerprint density at radius 1 is 0.585 bits per heavy atom. The summed E-state index contributed by atoms with van der Waals surface area (Å²) in [5.41, 5.74) is 16.5. The number of hydrogen-bond donors (Lipinski definition) is 3. The Morgan fingerprint density at radius 3 is 1.38 bits per heavy atom. The molecule has 2 aliphatic rings. The maximum Gasteiger partial charge on any atom is 0.335 e. The van der Waals surface area contributed by atoms with Crippen LogP contribution in [-0.2, 0) is 0 Å². The van der Waals surface area contributed by atoms with Crippen molar-refractivity contribution >= 4 is 48.3 Å². The van der Waals surface area contributed by atoms with E-state index in [9.17, 15) is 9.59 Å². The monoisotopic (exact) mass is 927 g/mol. The molecule has 0 bridgehead atoms. The van der Waals surface area contributed by atoms with Crippen molar-refractivity contribution in [3.63, 3.8) is 0 Å². The summed E-state index contributed by atoms with van der Waals surface area (Å²) in [6.07, 6.45) is 11.4. The van der Waals surface area contributed by atoms with Crippen LogP contribution in [0.1, 0.15) is 100 Å². The molecule has 1 saturated heterocycles. The number of aromatic nitrogens is 6. The van der Waals surface area contributed by atoms with E-state index in [2.05, 4.69) is 37.3 Å². The second-order valence-electron chi connectivity index (χ2n) is 15.2. The average Bonchev–Trinajstić information content (AvgIpc) is 3.30. The van der Waals surface area contributed by atoms with Crippen molar-refractivity contribution in [3.05, 3.63) is 131 Å². The van der Waals surface area contributed by atoms with Crippen LogP contribution in [0.15, 0.2) is 97.3 Å². The summed E-state index contributed by atoms with van der Waals surface area (Å²) >= 11 is 0. The number of carbonyl (C=O) groups excluding carboxylic acids is 1. The molecule has 0 unspecified atom stereocenters. The lowest BCUT2D eigenvalue weighted by Gasteiger charge is -2.32. The minimum atomic E-state index is -0.965. The van der Waals surface area contributed by atoms with Gasteiger partial charge in [-0.05, 0) is 123 Å². The molecular weight excluding hydrogens is 873 g/mol. The molecule has 8 rings (SSSR count). The summed E-state index contributed by atoms with van der Waals surface area (Å²) in [6, 6.07) is 24.0. The van der Waals surface area contributed by atoms with Gasteiger partial charge in [0.05, 0.1) is 43.6 Å². The van der Waals surface area contributed by atoms with E-state index in [1.54, 1.807) is 74.0 Å². The number of ether oxygens (including phenoxy) is 4. The fourth-order valence-electron chi connectivity index (χ4n) is 7.45. The van der Waals surface area contributed by atoms with Crippen molar-refractivity contribution in [2.24, 2.45) is 0 Å². The highest BCUT2D eigenvalue weighted by atomic mass is 35.5. The van der Waals surface area contributed by atoms with Crippen molar-refractivity contribution in [1.82, 2.24) is 35.3 Å². The first-order valence-electron chi connectivity index (χ1n) is 20.8. The first-order valence-corrected chi connectivity index (χ1v) is 20.8. The molecule has 1 aliphatic heterocycles. The number of methoxy groups -OCH3 is 2. The number of hydrogen-bond acceptors (Lipinski definition) is 14. The van der Waals surface area contributed by atoms with Crippen LogP contribution in [0.2, 0.25) is 0 Å². The van der Waals surface area contributed by atoms with Gasteiger partial charge in [0, 0.05) is 42.6 Å². The van der Waals surface area contributed by atoms with Gasteiger partial charge in [0.1, 0.15) is 34.6 Å². The third kappa shape index (κ3) is 14.6. The average molecular weight is 929 g/mol. The van der Waals surface area contributed by atoms with E-state index in [0.29, 0.717) is 76.9 Å². The number of anilines is 2. The van der Waals surface area contributed by atoms with Gasteiger partial charge in [-0.25, -0.2) is 14.8 Å². The molecule has 1 aliphatic carbocycles. The normalized spacial score (nSPS) is 13.5. The number of likely N-dealkylation sites (tertiary alicyclic amines) is 1. The molecule has 18 heteroatoms. The van der Waals surface area contributed by atoms with E-state index >= 15 is 0 Å². The second-order valence-corrected chi connectivity index (χ2v) is 15.2. The maximum absolute atomic E-state index is 12.9. The number of rotatable bonds is 10. The number of nitrogen functional groups attached to an aromatic ring is 2. The lowest BCUT2D eigenvalue weighted by molar-refractivity contribution is 0.0692. The Kier molecular flexibility index (Phi) is 19.5. The predicted molar refractivity (Wildman–Crippen MR) is 252 cm³/mol. The topological polar surface area (TPSA) is 224 Å². The number of pyridine rings is 2. The van der Waals surface area contributed by atoms with Gasteiger partial charge in [-0.1, -0.05) is 19.3 Å². The Hall–Kier alpha value is -6.78. The van der Waals surface area contributed by atoms with E-state index in [4.69, 9.17) is 35.5 Å². The highest BCUT2D eigenvalue weighted by Crippen LogP contribution is 2.33. The van der Waals surface area contributed by atoms with E-state index in [-0.39, 0.29) is 36.3 Å². The molecule has 2 fully saturated rings. The van der Waals surface area contributed by atoms with Gasteiger partial charge >= 0.3 is 5.97 Å². The summed E-state index contributed by atoms with van der Waals surface area (Å²) in [7, 11) is 3.10. The van der Waals surface area contributed by atoms with Gasteiger partial charge in [0.15, 0.2) is 0 Å². The van der Waals surface area contributed by atoms with Gasteiger partial charge in [-0.15, -0.1) is 35.0 Å². The van der Waals surface area contributed by atoms with E-state index in [0.717, 1.165) is 24.1 Å². The summed E-state index contributed by atoms with van der Waals surface area (Å²) in [4.78, 5) is 33.6. The van der Waals surface area contributed by atoms with Crippen LogP contribution in [0.3, 0.4) is 0 Å². The number of carbonyl (C=O) groups is 2. The first-order chi connectivity index (χ1) is 30.5. The molecule has 344 valence electrons. The zero-order valence-corrected chi connectivity index (χ0v) is 38.4. The number of aromatic carboxylic acids is 1. The van der Waals surface area contributed by atoms with Crippen LogP contribution in [-0.4, -0.2) is 79.6 Å². The molecule has 5 heterocycles. The molecule has 0 spiro atoms. The van der Waals surface area contributed by atoms with E-state index < -0.39 is 5.97 Å². The summed E-state index contributed by atoms with van der Waals surface area (Å²) in [5.74, 6) is 4.31. The van der Waals surface area contributed by atoms with Gasteiger partial charge in [0.25, 0.3) is 5.91 Å². The maximum atomic E-state index is 12.9. The third-order valence-electron chi connectivity index (χ3n) is 10.8. The van der Waals surface area contributed by atoms with E-state index in [1.807, 2.05) is 24.0 Å². The molecule has 5 N–H and O–H groups in total. The van der Waals surface area contributed by atoms with Crippen molar-refractivity contribution in [2.75, 3.05) is 38.8 Å². The number of nitrogens with zero attached hydrogens (tertiary/aromatic N) is 7. The number of piperidine rings is 1. The number of aryl methyl sites for hydroxylation is 2. The molecule has 0 atom stereocenters. The number of nitrogens with two attached hydrogens (primary N) is 2. The van der Waals surface area contributed by atoms with Crippen molar-refractivity contribution < 1.29 is 33.6 Å². The Labute approximate surface area is 390 Å². The van der Waals surface area contributed by atoms with Crippen molar-refractivity contribution in [1.29, 1.82) is 0 Å². The molecule has 4 aromatic heterocycles. The fraction of sp³-hybridized carbons (Fsp3) is 0.319. The smallest absolute Gasteiger partial charge is 0.335 e. The second kappa shape index (κ2) is 24.9. The lowest BCUT2D eigenvalue weighted by atomic mass is 9.85. The van der Waals surface area contributed by atoms with Crippen molar-refractivity contribution in [3.8, 4) is 34.8 Å². The molecule has 6 aromatic rings. The van der Waals surface area contributed by atoms with Gasteiger partial charge in [0.2, 0.25) is 11.8 Å². The highest BCUT2D eigenvalue weighted by Gasteiger charge is 2.27. The third-order valence-corrected chi connectivity index (χ3v) is 10.8. The Morgan fingerprint density at radius 2 is 1.00 bits per heavy atom. The standard InChI is InChI=1S/C23H25N5O3.C13H11NO4.C11H17N3.2ClH/c1-15-13-20(24)26-27-22(15)16-9-11-28(12-10-16)23(29)17-3-5-18(6-4-17)31-19-7-8-21(30-2)25-14-19;1-17-12-7-6-11(8-14-12)18-10-4-2-9(3-5-10)13(15)16;1-8-7-10(12)13-14-11(8)9-5-3-2-4-6-9;;/h3-8,13-14,16H,9-12H2,1-2H3,(H2,24,26);2-8H,1H3,(H,15,16);7,9H,2-6H2,1H3,(H2,12,13);2*1H. The van der Waals surface area contributed by atoms with Crippen LogP contribution >= 0.6 is 24.8 Å². The van der Waals surface area contributed by atoms with Crippen molar-refractivity contribution in [2.45, 2.75) is 70.6 Å². The molecule has 2 aromatic carbocycles. The lowest BCUT2D eigenvalue weighted by Crippen LogP contribution is -2.38. The fourth-order valence-corrected chi connectivity index (χ4v) is 7.45. The molecule has 16 nitrogen and oxygen atoms in total. The van der Waals surface area contributed by atoms with Crippen LogP contribution in [0, 0.1) is 13.8 Å².